The first kappa shape index (κ1) is 11.6. The van der Waals surface area contributed by atoms with Crippen molar-refractivity contribution < 1.29 is 9.53 Å². The Kier molecular flexibility index (Phi) is 4.70. The average molecular weight is 224 g/mol. The molecule has 1 N–H and O–H groups in total. The molecule has 0 radical (unpaired) electrons. The Balaban J connectivity index is 2.53. The van der Waals surface area contributed by atoms with Crippen molar-refractivity contribution in [1.29, 1.82) is 0 Å². The minimum Gasteiger partial charge on any atom is -0.452 e. The number of hydrogen-bond donors (Lipinski definition) is 1. The molecule has 1 aromatic carbocycles. The third-order valence-electron chi connectivity index (χ3n) is 1.67. The van der Waals surface area contributed by atoms with Gasteiger partial charge in [0.05, 0.1) is 13.3 Å². The molecule has 0 saturated carbocycles. The summed E-state index contributed by atoms with van der Waals surface area (Å²) in [6, 6.07) is 7.83. The Bertz CT molecular complexity index is 349. The van der Waals surface area contributed by atoms with Crippen molar-refractivity contribution in [2.24, 2.45) is 5.10 Å². The van der Waals surface area contributed by atoms with Crippen molar-refractivity contribution in [3.63, 3.8) is 0 Å². The van der Waals surface area contributed by atoms with E-state index in [9.17, 15) is 4.79 Å². The summed E-state index contributed by atoms with van der Waals surface area (Å²) in [6.07, 6.45) is 3.00. The number of hydrogen-bond acceptors (Lipinski definition) is 4. The van der Waals surface area contributed by atoms with E-state index < -0.39 is 6.09 Å². The van der Waals surface area contributed by atoms with E-state index >= 15 is 0 Å². The number of amides is 1. The molecule has 0 bridgehead atoms. The molecule has 1 aromatic rings. The number of thioether (sulfide) groups is 1. The third kappa shape index (κ3) is 4.03. The number of carbonyl (C=O) groups excluding carboxylic acids is 1. The number of methoxy groups -OCH3 is 1. The predicted octanol–water partition coefficient (Wildman–Crippen LogP) is 2.10. The van der Waals surface area contributed by atoms with Crippen molar-refractivity contribution in [2.75, 3.05) is 13.4 Å². The van der Waals surface area contributed by atoms with Crippen molar-refractivity contribution in [3.05, 3.63) is 29.8 Å². The first-order valence-electron chi connectivity index (χ1n) is 4.27. The molecule has 0 atom stereocenters. The average Bonchev–Trinajstić information content (AvgIpc) is 2.29. The van der Waals surface area contributed by atoms with Crippen LogP contribution in [0.5, 0.6) is 0 Å². The summed E-state index contributed by atoms with van der Waals surface area (Å²) < 4.78 is 4.36. The number of nitrogens with one attached hydrogen (secondary N) is 1. The van der Waals surface area contributed by atoms with Crippen LogP contribution >= 0.6 is 11.8 Å². The fourth-order valence-corrected chi connectivity index (χ4v) is 1.30. The number of rotatable bonds is 3. The maximum Gasteiger partial charge on any atom is 0.427 e. The number of hydrazone groups is 1. The summed E-state index contributed by atoms with van der Waals surface area (Å²) in [5.74, 6) is 0. The van der Waals surface area contributed by atoms with Gasteiger partial charge >= 0.3 is 6.09 Å². The van der Waals surface area contributed by atoms with E-state index in [1.54, 1.807) is 18.0 Å². The molecule has 0 unspecified atom stereocenters. The molecule has 1 rings (SSSR count). The van der Waals surface area contributed by atoms with Crippen molar-refractivity contribution in [3.8, 4) is 0 Å². The Morgan fingerprint density at radius 2 is 2.13 bits per heavy atom. The molecular weight excluding hydrogens is 212 g/mol. The van der Waals surface area contributed by atoms with E-state index in [0.717, 1.165) is 5.56 Å². The van der Waals surface area contributed by atoms with Crippen LogP contribution in [0.4, 0.5) is 4.79 Å². The SMILES string of the molecule is COC(=O)N/N=C\c1ccc(SC)cc1. The Labute approximate surface area is 92.7 Å². The minimum atomic E-state index is -0.577. The lowest BCUT2D eigenvalue weighted by atomic mass is 10.2. The van der Waals surface area contributed by atoms with Gasteiger partial charge < -0.3 is 4.74 Å². The largest absolute Gasteiger partial charge is 0.452 e. The second-order valence-electron chi connectivity index (χ2n) is 2.63. The van der Waals surface area contributed by atoms with Gasteiger partial charge in [0.15, 0.2) is 0 Å². The third-order valence-corrected chi connectivity index (χ3v) is 2.41. The van der Waals surface area contributed by atoms with Crippen LogP contribution in [-0.2, 0) is 4.74 Å². The van der Waals surface area contributed by atoms with E-state index in [4.69, 9.17) is 0 Å². The number of nitrogens with zero attached hydrogens (tertiary/aromatic N) is 1. The molecule has 0 aliphatic rings. The molecule has 0 spiro atoms. The van der Waals surface area contributed by atoms with Gasteiger partial charge in [0.2, 0.25) is 0 Å². The maximum atomic E-state index is 10.7. The molecule has 1 amide bonds. The van der Waals surface area contributed by atoms with Crippen LogP contribution in [0.25, 0.3) is 0 Å². The van der Waals surface area contributed by atoms with E-state index in [1.807, 2.05) is 30.5 Å². The van der Waals surface area contributed by atoms with Crippen LogP contribution in [0, 0.1) is 0 Å². The quantitative estimate of drug-likeness (QED) is 0.486. The van der Waals surface area contributed by atoms with Gasteiger partial charge in [0, 0.05) is 4.90 Å². The fourth-order valence-electron chi connectivity index (χ4n) is 0.895. The van der Waals surface area contributed by atoms with E-state index in [-0.39, 0.29) is 0 Å². The topological polar surface area (TPSA) is 50.7 Å². The summed E-state index contributed by atoms with van der Waals surface area (Å²) in [4.78, 5) is 11.8. The lowest BCUT2D eigenvalue weighted by Gasteiger charge is -1.97. The highest BCUT2D eigenvalue weighted by Gasteiger charge is 1.93. The van der Waals surface area contributed by atoms with Gasteiger partial charge in [-0.25, -0.2) is 10.2 Å². The first-order chi connectivity index (χ1) is 7.26. The van der Waals surface area contributed by atoms with Gasteiger partial charge in [-0.05, 0) is 24.0 Å². The highest BCUT2D eigenvalue weighted by atomic mass is 32.2. The van der Waals surface area contributed by atoms with Gasteiger partial charge in [-0.3, -0.25) is 0 Å². The molecule has 0 fully saturated rings. The van der Waals surface area contributed by atoms with Gasteiger partial charge in [-0.15, -0.1) is 11.8 Å². The summed E-state index contributed by atoms with van der Waals surface area (Å²) in [6.45, 7) is 0. The molecule has 15 heavy (non-hydrogen) atoms. The summed E-state index contributed by atoms with van der Waals surface area (Å²) in [5.41, 5.74) is 3.13. The maximum absolute atomic E-state index is 10.7. The molecule has 0 aliphatic heterocycles. The van der Waals surface area contributed by atoms with E-state index in [1.165, 1.54) is 12.0 Å². The first-order valence-corrected chi connectivity index (χ1v) is 5.50. The van der Waals surface area contributed by atoms with Crippen LogP contribution in [0.15, 0.2) is 34.3 Å². The Hall–Kier alpha value is -1.49. The summed E-state index contributed by atoms with van der Waals surface area (Å²) in [5, 5.41) is 3.71. The van der Waals surface area contributed by atoms with Crippen LogP contribution in [0.3, 0.4) is 0 Å². The zero-order valence-electron chi connectivity index (χ0n) is 8.56. The van der Waals surface area contributed by atoms with Crippen LogP contribution in [0.2, 0.25) is 0 Å². The second-order valence-corrected chi connectivity index (χ2v) is 3.51. The van der Waals surface area contributed by atoms with Crippen LogP contribution in [0.1, 0.15) is 5.56 Å². The monoisotopic (exact) mass is 224 g/mol. The van der Waals surface area contributed by atoms with Gasteiger partial charge in [0.25, 0.3) is 0 Å². The van der Waals surface area contributed by atoms with Crippen LogP contribution < -0.4 is 5.43 Å². The number of carbonyl (C=O) groups is 1. The molecule has 4 nitrogen and oxygen atoms in total. The molecule has 0 saturated heterocycles. The van der Waals surface area contributed by atoms with Crippen molar-refractivity contribution in [1.82, 2.24) is 5.43 Å². The van der Waals surface area contributed by atoms with Crippen LogP contribution in [-0.4, -0.2) is 25.7 Å². The zero-order valence-corrected chi connectivity index (χ0v) is 9.38. The molecule has 0 aliphatic carbocycles. The lowest BCUT2D eigenvalue weighted by molar-refractivity contribution is 0.171. The van der Waals surface area contributed by atoms with Crippen molar-refractivity contribution >= 4 is 24.1 Å². The highest BCUT2D eigenvalue weighted by Crippen LogP contribution is 2.13. The minimum absolute atomic E-state index is 0.577. The molecule has 0 aromatic heterocycles. The smallest absolute Gasteiger partial charge is 0.427 e. The molecule has 0 heterocycles. The molecule has 5 heteroatoms. The summed E-state index contributed by atoms with van der Waals surface area (Å²) in [7, 11) is 1.29. The van der Waals surface area contributed by atoms with Gasteiger partial charge in [0.1, 0.15) is 0 Å². The molecule has 80 valence electrons. The lowest BCUT2D eigenvalue weighted by Crippen LogP contribution is -2.16. The van der Waals surface area contributed by atoms with Crippen molar-refractivity contribution in [2.45, 2.75) is 4.90 Å². The predicted molar refractivity (Wildman–Crippen MR) is 61.4 cm³/mol. The zero-order chi connectivity index (χ0) is 11.1. The van der Waals surface area contributed by atoms with E-state index in [2.05, 4.69) is 15.3 Å². The van der Waals surface area contributed by atoms with E-state index in [0.29, 0.717) is 0 Å². The highest BCUT2D eigenvalue weighted by molar-refractivity contribution is 7.98. The summed E-state index contributed by atoms with van der Waals surface area (Å²) >= 11 is 1.68. The number of ether oxygens (including phenoxy) is 1. The normalized spacial score (nSPS) is 10.3. The Morgan fingerprint density at radius 3 is 2.67 bits per heavy atom. The fraction of sp³-hybridized carbons (Fsp3) is 0.200. The second kappa shape index (κ2) is 6.08. The Morgan fingerprint density at radius 1 is 1.47 bits per heavy atom. The standard InChI is InChI=1S/C10H12N2O2S/c1-14-10(13)12-11-7-8-3-5-9(15-2)6-4-8/h3-7H,1-2H3,(H,12,13)/b11-7-. The number of benzene rings is 1. The molecular formula is C10H12N2O2S. The van der Waals surface area contributed by atoms with Gasteiger partial charge in [-0.2, -0.15) is 5.10 Å². The van der Waals surface area contributed by atoms with Gasteiger partial charge in [-0.1, -0.05) is 12.1 Å².